The van der Waals surface area contributed by atoms with Crippen molar-refractivity contribution < 1.29 is 19.7 Å². The van der Waals surface area contributed by atoms with Crippen LogP contribution in [-0.2, 0) is 9.47 Å². The third-order valence-electron chi connectivity index (χ3n) is 3.44. The predicted molar refractivity (Wildman–Crippen MR) is 77.9 cm³/mol. The van der Waals surface area contributed by atoms with Crippen LogP contribution in [0.5, 0.6) is 0 Å². The molecule has 4 N–H and O–H groups in total. The summed E-state index contributed by atoms with van der Waals surface area (Å²) < 4.78 is 11.8. The minimum absolute atomic E-state index is 0.163. The molecule has 0 bridgehead atoms. The van der Waals surface area contributed by atoms with Crippen LogP contribution in [0.15, 0.2) is 0 Å². The van der Waals surface area contributed by atoms with Crippen LogP contribution < -0.4 is 10.6 Å². The van der Waals surface area contributed by atoms with E-state index >= 15 is 0 Å². The van der Waals surface area contributed by atoms with Gasteiger partial charge in [0.2, 0.25) is 0 Å². The van der Waals surface area contributed by atoms with E-state index in [4.69, 9.17) is 19.7 Å². The Labute approximate surface area is 121 Å². The molecule has 120 valence electrons. The SMILES string of the molecule is OCCNCCO[C@@H]1CCCC[C@H]1OCCNCCO. The monoisotopic (exact) mass is 290 g/mol. The van der Waals surface area contributed by atoms with Crippen LogP contribution in [0.3, 0.4) is 0 Å². The minimum Gasteiger partial charge on any atom is -0.395 e. The average molecular weight is 290 g/mol. The highest BCUT2D eigenvalue weighted by Crippen LogP contribution is 2.23. The maximum atomic E-state index is 8.67. The Kier molecular flexibility index (Phi) is 11.1. The molecule has 0 aliphatic heterocycles. The van der Waals surface area contributed by atoms with Crippen molar-refractivity contribution in [3.63, 3.8) is 0 Å². The summed E-state index contributed by atoms with van der Waals surface area (Å²) in [5, 5.41) is 23.6. The average Bonchev–Trinajstić information content (AvgIpc) is 2.48. The van der Waals surface area contributed by atoms with E-state index in [-0.39, 0.29) is 25.4 Å². The van der Waals surface area contributed by atoms with Gasteiger partial charge in [-0.1, -0.05) is 12.8 Å². The molecule has 0 aromatic carbocycles. The Morgan fingerprint density at radius 1 is 0.750 bits per heavy atom. The first-order valence-electron chi connectivity index (χ1n) is 7.75. The van der Waals surface area contributed by atoms with Gasteiger partial charge in [-0.25, -0.2) is 0 Å². The van der Waals surface area contributed by atoms with Gasteiger partial charge in [-0.15, -0.1) is 0 Å². The number of hydrogen-bond acceptors (Lipinski definition) is 6. The molecule has 6 heteroatoms. The summed E-state index contributed by atoms with van der Waals surface area (Å²) in [7, 11) is 0. The molecule has 0 radical (unpaired) electrons. The molecule has 1 fully saturated rings. The van der Waals surface area contributed by atoms with E-state index in [1.807, 2.05) is 0 Å². The highest BCUT2D eigenvalue weighted by molar-refractivity contribution is 4.77. The summed E-state index contributed by atoms with van der Waals surface area (Å²) in [6, 6.07) is 0. The first-order chi connectivity index (χ1) is 9.88. The molecule has 0 unspecified atom stereocenters. The van der Waals surface area contributed by atoms with Crippen LogP contribution in [-0.4, -0.2) is 75.0 Å². The van der Waals surface area contributed by atoms with E-state index in [9.17, 15) is 0 Å². The van der Waals surface area contributed by atoms with E-state index < -0.39 is 0 Å². The minimum atomic E-state index is 0.163. The van der Waals surface area contributed by atoms with E-state index in [2.05, 4.69) is 10.6 Å². The predicted octanol–water partition coefficient (Wildman–Crippen LogP) is -0.505. The molecule has 0 heterocycles. The summed E-state index contributed by atoms with van der Waals surface area (Å²) in [4.78, 5) is 0. The summed E-state index contributed by atoms with van der Waals surface area (Å²) >= 11 is 0. The fraction of sp³-hybridized carbons (Fsp3) is 1.00. The van der Waals surface area contributed by atoms with E-state index in [1.54, 1.807) is 0 Å². The topological polar surface area (TPSA) is 83.0 Å². The molecule has 6 nitrogen and oxygen atoms in total. The van der Waals surface area contributed by atoms with Crippen molar-refractivity contribution in [1.82, 2.24) is 10.6 Å². The zero-order valence-corrected chi connectivity index (χ0v) is 12.4. The van der Waals surface area contributed by atoms with Gasteiger partial charge in [0.1, 0.15) is 0 Å². The zero-order valence-electron chi connectivity index (χ0n) is 12.4. The van der Waals surface area contributed by atoms with Crippen molar-refractivity contribution in [3.8, 4) is 0 Å². The third kappa shape index (κ3) is 8.14. The fourth-order valence-electron chi connectivity index (χ4n) is 2.42. The largest absolute Gasteiger partial charge is 0.395 e. The Morgan fingerprint density at radius 3 is 1.60 bits per heavy atom. The number of aliphatic hydroxyl groups excluding tert-OH is 2. The van der Waals surface area contributed by atoms with Gasteiger partial charge >= 0.3 is 0 Å². The second-order valence-corrected chi connectivity index (χ2v) is 5.05. The fourth-order valence-corrected chi connectivity index (χ4v) is 2.42. The van der Waals surface area contributed by atoms with Crippen molar-refractivity contribution in [3.05, 3.63) is 0 Å². The van der Waals surface area contributed by atoms with Gasteiger partial charge in [0.15, 0.2) is 0 Å². The van der Waals surface area contributed by atoms with Crippen LogP contribution in [0.4, 0.5) is 0 Å². The maximum absolute atomic E-state index is 8.67. The van der Waals surface area contributed by atoms with Gasteiger partial charge in [-0.3, -0.25) is 0 Å². The quantitative estimate of drug-likeness (QED) is 0.363. The van der Waals surface area contributed by atoms with Crippen molar-refractivity contribution in [2.24, 2.45) is 0 Å². The molecule has 2 atom stereocenters. The number of hydrogen-bond donors (Lipinski definition) is 4. The molecule has 1 rings (SSSR count). The molecule has 0 aromatic heterocycles. The van der Waals surface area contributed by atoms with Gasteiger partial charge in [-0.05, 0) is 12.8 Å². The summed E-state index contributed by atoms with van der Waals surface area (Å²) in [6.07, 6.45) is 4.92. The summed E-state index contributed by atoms with van der Waals surface area (Å²) in [6.45, 7) is 4.41. The van der Waals surface area contributed by atoms with Crippen molar-refractivity contribution in [2.45, 2.75) is 37.9 Å². The van der Waals surface area contributed by atoms with Crippen molar-refractivity contribution >= 4 is 0 Å². The number of aliphatic hydroxyl groups is 2. The summed E-state index contributed by atoms with van der Waals surface area (Å²) in [5.41, 5.74) is 0. The molecular weight excluding hydrogens is 260 g/mol. The second kappa shape index (κ2) is 12.5. The lowest BCUT2D eigenvalue weighted by Crippen LogP contribution is -2.38. The highest BCUT2D eigenvalue weighted by atomic mass is 16.5. The smallest absolute Gasteiger partial charge is 0.0837 e. The van der Waals surface area contributed by atoms with Gasteiger partial charge in [-0.2, -0.15) is 0 Å². The van der Waals surface area contributed by atoms with E-state index in [1.165, 1.54) is 12.8 Å². The van der Waals surface area contributed by atoms with Crippen LogP contribution in [0.2, 0.25) is 0 Å². The molecule has 0 saturated heterocycles. The van der Waals surface area contributed by atoms with Gasteiger partial charge < -0.3 is 30.3 Å². The van der Waals surface area contributed by atoms with Crippen LogP contribution >= 0.6 is 0 Å². The molecule has 0 amide bonds. The van der Waals surface area contributed by atoms with Gasteiger partial charge in [0.05, 0.1) is 38.6 Å². The first kappa shape index (κ1) is 17.8. The van der Waals surface area contributed by atoms with E-state index in [0.29, 0.717) is 26.3 Å². The second-order valence-electron chi connectivity index (χ2n) is 5.05. The van der Waals surface area contributed by atoms with Crippen LogP contribution in [0.25, 0.3) is 0 Å². The summed E-state index contributed by atoms with van der Waals surface area (Å²) in [5.74, 6) is 0. The molecule has 0 aromatic rings. The number of rotatable bonds is 12. The highest BCUT2D eigenvalue weighted by Gasteiger charge is 2.26. The Hall–Kier alpha value is -0.240. The standard InChI is InChI=1S/C14H30N2O4/c17-9-5-15-7-11-19-13-3-1-2-4-14(13)20-12-8-16-6-10-18/h13-18H,1-12H2/t13-,14-/m1/s1. The van der Waals surface area contributed by atoms with Crippen molar-refractivity contribution in [1.29, 1.82) is 0 Å². The third-order valence-corrected chi connectivity index (χ3v) is 3.44. The van der Waals surface area contributed by atoms with Gasteiger partial charge in [0, 0.05) is 26.2 Å². The molecule has 1 saturated carbocycles. The molecule has 0 spiro atoms. The normalized spacial score (nSPS) is 23.1. The van der Waals surface area contributed by atoms with E-state index in [0.717, 1.165) is 25.9 Å². The lowest BCUT2D eigenvalue weighted by atomic mass is 9.94. The molecule has 1 aliphatic rings. The lowest BCUT2D eigenvalue weighted by Gasteiger charge is -2.31. The Bertz CT molecular complexity index is 197. The molecule has 20 heavy (non-hydrogen) atoms. The Morgan fingerprint density at radius 2 is 1.20 bits per heavy atom. The number of nitrogens with one attached hydrogen (secondary N) is 2. The van der Waals surface area contributed by atoms with Crippen molar-refractivity contribution in [2.75, 3.05) is 52.6 Å². The number of ether oxygens (including phenoxy) is 2. The van der Waals surface area contributed by atoms with Gasteiger partial charge in [0.25, 0.3) is 0 Å². The maximum Gasteiger partial charge on any atom is 0.0837 e. The van der Waals surface area contributed by atoms with Crippen LogP contribution in [0, 0.1) is 0 Å². The lowest BCUT2D eigenvalue weighted by molar-refractivity contribution is -0.0903. The Balaban J connectivity index is 2.10. The zero-order chi connectivity index (χ0) is 14.5. The first-order valence-corrected chi connectivity index (χ1v) is 7.75. The molecule has 1 aliphatic carbocycles. The molecular formula is C14H30N2O4. The van der Waals surface area contributed by atoms with Crippen LogP contribution in [0.1, 0.15) is 25.7 Å².